The van der Waals surface area contributed by atoms with Crippen LogP contribution in [0.3, 0.4) is 0 Å². The third-order valence-corrected chi connectivity index (χ3v) is 5.83. The lowest BCUT2D eigenvalue weighted by Gasteiger charge is -2.29. The Morgan fingerprint density at radius 2 is 2.00 bits per heavy atom. The molecule has 0 aliphatic carbocycles. The Morgan fingerprint density at radius 3 is 2.52 bits per heavy atom. The summed E-state index contributed by atoms with van der Waals surface area (Å²) in [6.45, 7) is 14.4. The Kier molecular flexibility index (Phi) is 5.31. The number of nitrogens with two attached hydrogens (primary N) is 1. The van der Waals surface area contributed by atoms with E-state index in [4.69, 9.17) is 10.7 Å². The van der Waals surface area contributed by atoms with Crippen LogP contribution in [0.2, 0.25) is 0 Å². The van der Waals surface area contributed by atoms with Crippen LogP contribution in [0.1, 0.15) is 70.4 Å². The lowest BCUT2D eigenvalue weighted by Crippen LogP contribution is -2.26. The zero-order valence-electron chi connectivity index (χ0n) is 14.3. The van der Waals surface area contributed by atoms with Crippen molar-refractivity contribution in [2.75, 3.05) is 18.0 Å². The molecule has 1 fully saturated rings. The van der Waals surface area contributed by atoms with Crippen molar-refractivity contribution in [3.8, 4) is 0 Å². The van der Waals surface area contributed by atoms with Crippen molar-refractivity contribution in [3.63, 3.8) is 0 Å². The summed E-state index contributed by atoms with van der Waals surface area (Å²) in [6.07, 6.45) is 3.89. The molecule has 0 spiro atoms. The molecular weight excluding hydrogens is 278 g/mol. The summed E-state index contributed by atoms with van der Waals surface area (Å²) >= 11 is 1.80. The predicted molar refractivity (Wildman–Crippen MR) is 93.1 cm³/mol. The van der Waals surface area contributed by atoms with Crippen molar-refractivity contribution in [1.82, 2.24) is 4.98 Å². The third-order valence-electron chi connectivity index (χ3n) is 4.67. The fraction of sp³-hybridized carbons (Fsp3) is 0.824. The largest absolute Gasteiger partial charge is 0.348 e. The van der Waals surface area contributed by atoms with E-state index in [1.165, 1.54) is 35.0 Å². The van der Waals surface area contributed by atoms with Crippen molar-refractivity contribution in [2.24, 2.45) is 17.1 Å². The molecular formula is C17H31N3S. The van der Waals surface area contributed by atoms with E-state index in [0.29, 0.717) is 17.9 Å². The molecule has 120 valence electrons. The molecule has 2 N–H and O–H groups in total. The molecule has 2 rings (SSSR count). The molecule has 1 aliphatic heterocycles. The van der Waals surface area contributed by atoms with Gasteiger partial charge in [0.1, 0.15) is 0 Å². The topological polar surface area (TPSA) is 42.2 Å². The van der Waals surface area contributed by atoms with Gasteiger partial charge in [0.05, 0.1) is 5.69 Å². The first-order valence-electron chi connectivity index (χ1n) is 8.27. The molecule has 1 aliphatic rings. The SMILES string of the molecule is CC(C)c1nc(N2CCCC(C(C)(C)C)CC2)sc1CN. The Labute approximate surface area is 133 Å². The van der Waals surface area contributed by atoms with Crippen LogP contribution in [-0.2, 0) is 6.54 Å². The zero-order valence-corrected chi connectivity index (χ0v) is 15.1. The van der Waals surface area contributed by atoms with E-state index in [0.717, 1.165) is 19.0 Å². The average molecular weight is 310 g/mol. The molecule has 0 aromatic carbocycles. The van der Waals surface area contributed by atoms with Gasteiger partial charge in [-0.1, -0.05) is 34.6 Å². The monoisotopic (exact) mass is 309 g/mol. The molecule has 1 saturated heterocycles. The van der Waals surface area contributed by atoms with Gasteiger partial charge in [0, 0.05) is 24.5 Å². The van der Waals surface area contributed by atoms with Crippen LogP contribution < -0.4 is 10.6 Å². The maximum atomic E-state index is 5.89. The third kappa shape index (κ3) is 3.98. The molecule has 1 unspecified atom stereocenters. The van der Waals surface area contributed by atoms with E-state index in [1.54, 1.807) is 11.3 Å². The minimum atomic E-state index is 0.421. The van der Waals surface area contributed by atoms with E-state index in [-0.39, 0.29) is 0 Å². The summed E-state index contributed by atoms with van der Waals surface area (Å²) in [6, 6.07) is 0. The van der Waals surface area contributed by atoms with Gasteiger partial charge in [0.2, 0.25) is 0 Å². The molecule has 1 atom stereocenters. The molecule has 2 heterocycles. The van der Waals surface area contributed by atoms with Crippen LogP contribution in [0.5, 0.6) is 0 Å². The number of hydrogen-bond donors (Lipinski definition) is 1. The summed E-state index contributed by atoms with van der Waals surface area (Å²) < 4.78 is 0. The van der Waals surface area contributed by atoms with Crippen molar-refractivity contribution >= 4 is 16.5 Å². The lowest BCUT2D eigenvalue weighted by molar-refractivity contribution is 0.220. The fourth-order valence-electron chi connectivity index (χ4n) is 3.24. The van der Waals surface area contributed by atoms with Crippen LogP contribution in [0.4, 0.5) is 5.13 Å². The highest BCUT2D eigenvalue weighted by Gasteiger charge is 2.28. The zero-order chi connectivity index (χ0) is 15.6. The second-order valence-corrected chi connectivity index (χ2v) is 8.71. The normalized spacial score (nSPS) is 20.9. The highest BCUT2D eigenvalue weighted by molar-refractivity contribution is 7.15. The second-order valence-electron chi connectivity index (χ2n) is 7.64. The fourth-order valence-corrected chi connectivity index (χ4v) is 4.38. The van der Waals surface area contributed by atoms with Crippen molar-refractivity contribution < 1.29 is 0 Å². The summed E-state index contributed by atoms with van der Waals surface area (Å²) in [5.41, 5.74) is 7.52. The van der Waals surface area contributed by atoms with Crippen LogP contribution in [0, 0.1) is 11.3 Å². The standard InChI is InChI=1S/C17H31N3S/c1-12(2)15-14(11-18)21-16(19-15)20-9-6-7-13(8-10-20)17(3,4)5/h12-13H,6-11,18H2,1-5H3. The van der Waals surface area contributed by atoms with Crippen LogP contribution in [0.15, 0.2) is 0 Å². The summed E-state index contributed by atoms with van der Waals surface area (Å²) in [7, 11) is 0. The summed E-state index contributed by atoms with van der Waals surface area (Å²) in [4.78, 5) is 8.65. The minimum absolute atomic E-state index is 0.421. The van der Waals surface area contributed by atoms with E-state index in [9.17, 15) is 0 Å². The first kappa shape index (κ1) is 16.8. The maximum Gasteiger partial charge on any atom is 0.185 e. The Morgan fingerprint density at radius 1 is 1.29 bits per heavy atom. The molecule has 3 nitrogen and oxygen atoms in total. The van der Waals surface area contributed by atoms with Crippen molar-refractivity contribution in [3.05, 3.63) is 10.6 Å². The van der Waals surface area contributed by atoms with Gasteiger partial charge < -0.3 is 10.6 Å². The minimum Gasteiger partial charge on any atom is -0.348 e. The molecule has 4 heteroatoms. The summed E-state index contributed by atoms with van der Waals surface area (Å²) in [5, 5.41) is 1.19. The van der Waals surface area contributed by atoms with E-state index in [2.05, 4.69) is 39.5 Å². The predicted octanol–water partition coefficient (Wildman–Crippen LogP) is 4.38. The Bertz CT molecular complexity index is 459. The molecule has 1 aromatic heterocycles. The smallest absolute Gasteiger partial charge is 0.185 e. The first-order chi connectivity index (χ1) is 9.82. The average Bonchev–Trinajstić information content (AvgIpc) is 2.67. The second kappa shape index (κ2) is 6.66. The quantitative estimate of drug-likeness (QED) is 0.901. The van der Waals surface area contributed by atoms with Gasteiger partial charge in [-0.15, -0.1) is 11.3 Å². The number of aromatic nitrogens is 1. The van der Waals surface area contributed by atoms with E-state index >= 15 is 0 Å². The number of thiazole rings is 1. The first-order valence-corrected chi connectivity index (χ1v) is 9.09. The Hall–Kier alpha value is -0.610. The van der Waals surface area contributed by atoms with Crippen molar-refractivity contribution in [2.45, 2.75) is 66.3 Å². The molecule has 0 bridgehead atoms. The Balaban J connectivity index is 2.12. The van der Waals surface area contributed by atoms with E-state index in [1.807, 2.05) is 0 Å². The van der Waals surface area contributed by atoms with Crippen molar-refractivity contribution in [1.29, 1.82) is 0 Å². The van der Waals surface area contributed by atoms with Crippen LogP contribution >= 0.6 is 11.3 Å². The molecule has 21 heavy (non-hydrogen) atoms. The van der Waals surface area contributed by atoms with Crippen LogP contribution in [0.25, 0.3) is 0 Å². The highest BCUT2D eigenvalue weighted by atomic mass is 32.1. The molecule has 0 amide bonds. The van der Waals surface area contributed by atoms with Gasteiger partial charge in [-0.25, -0.2) is 4.98 Å². The molecule has 0 saturated carbocycles. The maximum absolute atomic E-state index is 5.89. The summed E-state index contributed by atoms with van der Waals surface area (Å²) in [5.74, 6) is 1.28. The molecule has 0 radical (unpaired) electrons. The lowest BCUT2D eigenvalue weighted by atomic mass is 9.77. The molecule has 1 aromatic rings. The van der Waals surface area contributed by atoms with Gasteiger partial charge in [-0.2, -0.15) is 0 Å². The van der Waals surface area contributed by atoms with Gasteiger partial charge >= 0.3 is 0 Å². The number of rotatable bonds is 3. The van der Waals surface area contributed by atoms with Crippen LogP contribution in [-0.4, -0.2) is 18.1 Å². The van der Waals surface area contributed by atoms with Gasteiger partial charge in [0.25, 0.3) is 0 Å². The van der Waals surface area contributed by atoms with Gasteiger partial charge in [-0.05, 0) is 36.5 Å². The van der Waals surface area contributed by atoms with Gasteiger partial charge in [0.15, 0.2) is 5.13 Å². The number of nitrogens with zero attached hydrogens (tertiary/aromatic N) is 2. The van der Waals surface area contributed by atoms with E-state index < -0.39 is 0 Å². The number of hydrogen-bond acceptors (Lipinski definition) is 4. The highest BCUT2D eigenvalue weighted by Crippen LogP contribution is 2.37. The number of anilines is 1. The van der Waals surface area contributed by atoms with Gasteiger partial charge in [-0.3, -0.25) is 0 Å².